The maximum absolute atomic E-state index is 13.3. The van der Waals surface area contributed by atoms with Gasteiger partial charge in [0.1, 0.15) is 23.5 Å². The van der Waals surface area contributed by atoms with Gasteiger partial charge in [0.05, 0.1) is 19.3 Å². The van der Waals surface area contributed by atoms with Crippen LogP contribution in [0.25, 0.3) is 0 Å². The number of hydrogen-bond donors (Lipinski definition) is 3. The molecule has 3 saturated heterocycles. The van der Waals surface area contributed by atoms with E-state index in [1.54, 1.807) is 44.2 Å². The summed E-state index contributed by atoms with van der Waals surface area (Å²) >= 11 is 1.26. The number of hydrogen-bond acceptors (Lipinski definition) is 8. The number of amides is 6. The Bertz CT molecular complexity index is 1240. The summed E-state index contributed by atoms with van der Waals surface area (Å²) in [5, 5.41) is 14.0. The Morgan fingerprint density at radius 3 is 2.30 bits per heavy atom. The first-order valence-electron chi connectivity index (χ1n) is 10.9. The average Bonchev–Trinajstić information content (AvgIpc) is 3.31. The van der Waals surface area contributed by atoms with Crippen molar-refractivity contribution in [1.82, 2.24) is 24.7 Å². The molecular weight excluding hydrogens is 537 g/mol. The van der Waals surface area contributed by atoms with Gasteiger partial charge in [0, 0.05) is 4.75 Å². The summed E-state index contributed by atoms with van der Waals surface area (Å²) < 4.78 is 23.3. The van der Waals surface area contributed by atoms with Crippen LogP contribution in [0.15, 0.2) is 30.3 Å². The minimum absolute atomic E-state index is 0. The molecule has 0 unspecified atom stereocenters. The van der Waals surface area contributed by atoms with E-state index in [0.717, 1.165) is 6.26 Å². The van der Waals surface area contributed by atoms with Crippen LogP contribution in [0.1, 0.15) is 25.5 Å². The quantitative estimate of drug-likeness (QED) is 0.293. The van der Waals surface area contributed by atoms with E-state index in [4.69, 9.17) is 0 Å². The molecule has 3 N–H and O–H groups in total. The molecule has 6 amide bonds. The van der Waals surface area contributed by atoms with Crippen LogP contribution in [0.2, 0.25) is 0 Å². The predicted molar refractivity (Wildman–Crippen MR) is 134 cm³/mol. The molecule has 0 bridgehead atoms. The second kappa shape index (κ2) is 10.4. The van der Waals surface area contributed by atoms with Gasteiger partial charge in [-0.3, -0.25) is 9.59 Å². The second-order valence-corrected chi connectivity index (χ2v) is 12.8. The van der Waals surface area contributed by atoms with Crippen molar-refractivity contribution in [3.63, 3.8) is 0 Å². The third-order valence-corrected chi connectivity index (χ3v) is 8.96. The van der Waals surface area contributed by atoms with E-state index in [0.29, 0.717) is 14.8 Å². The van der Waals surface area contributed by atoms with Gasteiger partial charge >= 0.3 is 47.6 Å². The van der Waals surface area contributed by atoms with Crippen LogP contribution in [-0.2, 0) is 24.4 Å². The predicted octanol–water partition coefficient (Wildman–Crippen LogP) is -0.882. The SMILES string of the molecule is CC1(C)S[C@@H]2[C@H](NC(=O)[C@H](NC(=O)N3CCN(S(C)(=O)=O)C3=O)c3ccccc3)C(=O)N2[C@H]1C(=O)O.[NaH]. The van der Waals surface area contributed by atoms with Gasteiger partial charge in [-0.1, -0.05) is 30.3 Å². The van der Waals surface area contributed by atoms with E-state index in [1.165, 1.54) is 16.7 Å². The van der Waals surface area contributed by atoms with Crippen molar-refractivity contribution in [2.75, 3.05) is 19.3 Å². The third kappa shape index (κ3) is 5.32. The summed E-state index contributed by atoms with van der Waals surface area (Å²) in [6, 6.07) is 2.76. The van der Waals surface area contributed by atoms with Crippen molar-refractivity contribution in [2.24, 2.45) is 0 Å². The van der Waals surface area contributed by atoms with E-state index in [1.807, 2.05) is 0 Å². The van der Waals surface area contributed by atoms with E-state index < -0.39 is 68.1 Å². The number of carboxylic acid groups (broad SMARTS) is 1. The number of sulfonamides is 1. The van der Waals surface area contributed by atoms with Crippen molar-refractivity contribution in [2.45, 2.75) is 42.1 Å². The molecule has 0 aliphatic carbocycles. The molecule has 1 aromatic carbocycles. The fourth-order valence-electron chi connectivity index (χ4n) is 4.54. The number of rotatable bonds is 6. The van der Waals surface area contributed by atoms with Gasteiger partial charge in [-0.2, -0.15) is 0 Å². The van der Waals surface area contributed by atoms with Crippen LogP contribution < -0.4 is 10.6 Å². The van der Waals surface area contributed by atoms with E-state index in [2.05, 4.69) is 10.6 Å². The molecule has 3 heterocycles. The Labute approximate surface area is 239 Å². The Hall–Kier alpha value is -2.33. The summed E-state index contributed by atoms with van der Waals surface area (Å²) in [4.78, 5) is 65.0. The Morgan fingerprint density at radius 2 is 1.76 bits per heavy atom. The number of fused-ring (bicyclic) bond motifs is 1. The van der Waals surface area contributed by atoms with Crippen LogP contribution in [0.4, 0.5) is 9.59 Å². The van der Waals surface area contributed by atoms with Crippen LogP contribution in [0.3, 0.4) is 0 Å². The van der Waals surface area contributed by atoms with Gasteiger partial charge in [0.25, 0.3) is 0 Å². The van der Waals surface area contributed by atoms with Crippen molar-refractivity contribution in [3.8, 4) is 0 Å². The normalized spacial score (nSPS) is 25.1. The number of benzene rings is 1. The number of β-lactam (4-membered cyclic amide) rings is 1. The molecule has 3 fully saturated rings. The van der Waals surface area contributed by atoms with Crippen molar-refractivity contribution in [1.29, 1.82) is 0 Å². The van der Waals surface area contributed by atoms with Gasteiger partial charge in [-0.05, 0) is 19.4 Å². The number of carbonyl (C=O) groups is 5. The molecule has 3 aliphatic rings. The third-order valence-electron chi connectivity index (χ3n) is 6.25. The minimum atomic E-state index is -3.87. The Morgan fingerprint density at radius 1 is 1.14 bits per heavy atom. The molecule has 0 spiro atoms. The van der Waals surface area contributed by atoms with Gasteiger partial charge in [0.15, 0.2) is 0 Å². The molecule has 0 aromatic heterocycles. The monoisotopic (exact) mass is 563 g/mol. The zero-order valence-electron chi connectivity index (χ0n) is 19.6. The summed E-state index contributed by atoms with van der Waals surface area (Å²) in [7, 11) is -3.87. The zero-order chi connectivity index (χ0) is 26.6. The van der Waals surface area contributed by atoms with Crippen LogP contribution in [0.5, 0.6) is 0 Å². The number of thioether (sulfide) groups is 1. The summed E-state index contributed by atoms with van der Waals surface area (Å²) in [5.41, 5.74) is 0.362. The molecule has 4 atom stereocenters. The first-order chi connectivity index (χ1) is 16.7. The topological polar surface area (TPSA) is 173 Å². The van der Waals surface area contributed by atoms with Gasteiger partial charge in [-0.25, -0.2) is 32.0 Å². The molecular formula is C21H26N5NaO8S2. The molecule has 4 rings (SSSR count). The van der Waals surface area contributed by atoms with Crippen molar-refractivity contribution in [3.05, 3.63) is 35.9 Å². The summed E-state index contributed by atoms with van der Waals surface area (Å²) in [5.74, 6) is -2.42. The molecule has 13 nitrogen and oxygen atoms in total. The fourth-order valence-corrected chi connectivity index (χ4v) is 6.96. The van der Waals surface area contributed by atoms with E-state index in [9.17, 15) is 37.5 Å². The fraction of sp³-hybridized carbons (Fsp3) is 0.476. The molecule has 3 aliphatic heterocycles. The first kappa shape index (κ1) is 29.2. The molecule has 0 radical (unpaired) electrons. The first-order valence-corrected chi connectivity index (χ1v) is 13.6. The van der Waals surface area contributed by atoms with Crippen LogP contribution >= 0.6 is 11.8 Å². The maximum atomic E-state index is 13.3. The van der Waals surface area contributed by atoms with Crippen LogP contribution in [0, 0.1) is 0 Å². The number of nitrogens with one attached hydrogen (secondary N) is 2. The number of carbonyl (C=O) groups excluding carboxylic acids is 4. The molecule has 0 saturated carbocycles. The number of carboxylic acids is 1. The summed E-state index contributed by atoms with van der Waals surface area (Å²) in [6.07, 6.45) is 0.850. The molecule has 196 valence electrons. The molecule has 1 aromatic rings. The standard InChI is InChI=1S/C21H25N5O8S2.Na.H/c1-21(2)14(18(29)30)26-16(28)13(17(26)35-21)22-15(27)12(11-7-5-4-6-8-11)23-19(31)24-9-10-25(20(24)32)36(3,33)34;;/h4-8,12-14,17H,9-10H2,1-3H3,(H,22,27)(H,23,31)(H,29,30);;/t12-,13-,14+,17-;;/m1../s1. The zero-order valence-corrected chi connectivity index (χ0v) is 21.2. The number of imide groups is 1. The number of urea groups is 2. The Kier molecular flexibility index (Phi) is 8.25. The number of nitrogens with zero attached hydrogens (tertiary/aromatic N) is 3. The molecule has 16 heteroatoms. The van der Waals surface area contributed by atoms with E-state index >= 15 is 0 Å². The van der Waals surface area contributed by atoms with Gasteiger partial charge in [0.2, 0.25) is 21.8 Å². The second-order valence-electron chi connectivity index (χ2n) is 9.15. The van der Waals surface area contributed by atoms with Gasteiger partial charge in [-0.15, -0.1) is 11.8 Å². The van der Waals surface area contributed by atoms with Crippen molar-refractivity contribution >= 4 is 81.2 Å². The van der Waals surface area contributed by atoms with Crippen molar-refractivity contribution < 1.29 is 37.5 Å². The van der Waals surface area contributed by atoms with Crippen LogP contribution in [-0.4, -0.2) is 129 Å². The molecule has 37 heavy (non-hydrogen) atoms. The Balaban J connectivity index is 0.00000380. The summed E-state index contributed by atoms with van der Waals surface area (Å²) in [6.45, 7) is 3.02. The average molecular weight is 564 g/mol. The van der Waals surface area contributed by atoms with Gasteiger partial charge < -0.3 is 20.6 Å². The number of aliphatic carboxylic acids is 1. The van der Waals surface area contributed by atoms with E-state index in [-0.39, 0.29) is 42.6 Å².